The van der Waals surface area contributed by atoms with E-state index in [2.05, 4.69) is 5.32 Å². The molecule has 0 aliphatic rings. The molecule has 0 fully saturated rings. The molecule has 2 N–H and O–H groups in total. The molecule has 0 radical (unpaired) electrons. The van der Waals surface area contributed by atoms with Crippen LogP contribution in [0.25, 0.3) is 0 Å². The Morgan fingerprint density at radius 3 is 2.31 bits per heavy atom. The molecule has 0 spiro atoms. The number of phenolic OH excluding ortho intramolecular Hbond substituents is 1. The monoisotopic (exact) mass is 397 g/mol. The first-order valence-corrected chi connectivity index (χ1v) is 8.93. The number of methoxy groups -OCH3 is 3. The number of carbonyl (C=O) groups excluding carboxylic acids is 1. The van der Waals surface area contributed by atoms with Gasteiger partial charge in [0.1, 0.15) is 28.8 Å². The molecule has 0 unspecified atom stereocenters. The summed E-state index contributed by atoms with van der Waals surface area (Å²) < 4.78 is 21.9. The minimum atomic E-state index is -0.453. The molecule has 0 saturated carbocycles. The van der Waals surface area contributed by atoms with Gasteiger partial charge in [0.25, 0.3) is 5.91 Å². The van der Waals surface area contributed by atoms with Crippen LogP contribution in [-0.4, -0.2) is 32.3 Å². The fraction of sp³-hybridized carbons (Fsp3) is 0.227. The molecule has 1 amide bonds. The number of carbonyl (C=O) groups is 1. The second-order valence-corrected chi connectivity index (χ2v) is 6.43. The van der Waals surface area contributed by atoms with Gasteiger partial charge in [0.2, 0.25) is 0 Å². The van der Waals surface area contributed by atoms with Crippen LogP contribution >= 0.6 is 0 Å². The Balaban J connectivity index is 1.82. The smallest absolute Gasteiger partial charge is 0.291 e. The molecular formula is C22H23NO6. The normalized spacial score (nSPS) is 10.5. The van der Waals surface area contributed by atoms with Crippen molar-refractivity contribution in [3.8, 4) is 23.0 Å². The van der Waals surface area contributed by atoms with Crippen molar-refractivity contribution in [2.24, 2.45) is 0 Å². The predicted octanol–water partition coefficient (Wildman–Crippen LogP) is 4.16. The van der Waals surface area contributed by atoms with Crippen LogP contribution in [0, 0.1) is 6.92 Å². The molecule has 1 aromatic heterocycles. The third-order valence-corrected chi connectivity index (χ3v) is 4.45. The summed E-state index contributed by atoms with van der Waals surface area (Å²) in [6.45, 7) is 1.87. The van der Waals surface area contributed by atoms with Gasteiger partial charge in [-0.1, -0.05) is 6.07 Å². The lowest BCUT2D eigenvalue weighted by atomic mass is 10.1. The van der Waals surface area contributed by atoms with Crippen LogP contribution in [0.15, 0.2) is 46.9 Å². The van der Waals surface area contributed by atoms with Crippen LogP contribution in [0.3, 0.4) is 0 Å². The van der Waals surface area contributed by atoms with Crippen LogP contribution in [0.5, 0.6) is 23.0 Å². The number of phenols is 1. The number of amides is 1. The van der Waals surface area contributed by atoms with Crippen molar-refractivity contribution in [3.63, 3.8) is 0 Å². The molecule has 152 valence electrons. The van der Waals surface area contributed by atoms with E-state index < -0.39 is 5.91 Å². The average molecular weight is 397 g/mol. The SMILES string of the molecule is COc1cc(OC)c(Cc2ccc(C(=O)Nc3cc(C)ccc3O)o2)c(OC)c1. The number of aryl methyl sites for hydroxylation is 1. The van der Waals surface area contributed by atoms with Crippen LogP contribution in [-0.2, 0) is 6.42 Å². The number of benzene rings is 2. The summed E-state index contributed by atoms with van der Waals surface area (Å²) in [6.07, 6.45) is 0.360. The average Bonchev–Trinajstić information content (AvgIpc) is 3.19. The molecule has 7 nitrogen and oxygen atoms in total. The molecule has 1 heterocycles. The van der Waals surface area contributed by atoms with Crippen LogP contribution < -0.4 is 19.5 Å². The second kappa shape index (κ2) is 8.60. The third-order valence-electron chi connectivity index (χ3n) is 4.45. The summed E-state index contributed by atoms with van der Waals surface area (Å²) in [5.41, 5.74) is 2.01. The maximum absolute atomic E-state index is 12.5. The third kappa shape index (κ3) is 4.45. The van der Waals surface area contributed by atoms with Gasteiger partial charge in [-0.3, -0.25) is 4.79 Å². The van der Waals surface area contributed by atoms with E-state index in [1.54, 1.807) is 57.7 Å². The van der Waals surface area contributed by atoms with Gasteiger partial charge in [0.05, 0.1) is 27.0 Å². The number of hydrogen-bond acceptors (Lipinski definition) is 6. The zero-order chi connectivity index (χ0) is 21.0. The van der Waals surface area contributed by atoms with Crippen molar-refractivity contribution in [1.29, 1.82) is 0 Å². The molecule has 7 heteroatoms. The summed E-state index contributed by atoms with van der Waals surface area (Å²) >= 11 is 0. The number of aromatic hydroxyl groups is 1. The lowest BCUT2D eigenvalue weighted by Crippen LogP contribution is -2.11. The maximum Gasteiger partial charge on any atom is 0.291 e. The number of hydrogen-bond donors (Lipinski definition) is 2. The molecule has 3 aromatic rings. The summed E-state index contributed by atoms with van der Waals surface area (Å²) in [5.74, 6) is 2.02. The van der Waals surface area contributed by atoms with E-state index in [0.29, 0.717) is 35.1 Å². The minimum absolute atomic E-state index is 0.0107. The number of ether oxygens (including phenoxy) is 3. The summed E-state index contributed by atoms with van der Waals surface area (Å²) in [4.78, 5) is 12.5. The second-order valence-electron chi connectivity index (χ2n) is 6.43. The molecule has 29 heavy (non-hydrogen) atoms. The number of nitrogens with one attached hydrogen (secondary N) is 1. The summed E-state index contributed by atoms with van der Waals surface area (Å²) in [6, 6.07) is 11.8. The maximum atomic E-state index is 12.5. The van der Waals surface area contributed by atoms with Crippen molar-refractivity contribution in [2.75, 3.05) is 26.6 Å². The van der Waals surface area contributed by atoms with Gasteiger partial charge < -0.3 is 29.1 Å². The molecular weight excluding hydrogens is 374 g/mol. The van der Waals surface area contributed by atoms with Gasteiger partial charge in [0, 0.05) is 24.1 Å². The van der Waals surface area contributed by atoms with E-state index >= 15 is 0 Å². The van der Waals surface area contributed by atoms with Crippen molar-refractivity contribution in [2.45, 2.75) is 13.3 Å². The Kier molecular flexibility index (Phi) is 5.97. The van der Waals surface area contributed by atoms with E-state index in [9.17, 15) is 9.90 Å². The van der Waals surface area contributed by atoms with Gasteiger partial charge in [0.15, 0.2) is 5.76 Å². The van der Waals surface area contributed by atoms with E-state index in [1.165, 1.54) is 6.07 Å². The minimum Gasteiger partial charge on any atom is -0.506 e. The zero-order valence-corrected chi connectivity index (χ0v) is 16.7. The Hall–Kier alpha value is -3.61. The lowest BCUT2D eigenvalue weighted by molar-refractivity contribution is 0.0994. The topological polar surface area (TPSA) is 90.2 Å². The quantitative estimate of drug-likeness (QED) is 0.582. The molecule has 3 rings (SSSR count). The molecule has 0 bridgehead atoms. The predicted molar refractivity (Wildman–Crippen MR) is 108 cm³/mol. The van der Waals surface area contributed by atoms with Crippen molar-refractivity contribution in [3.05, 3.63) is 65.1 Å². The first kappa shape index (κ1) is 20.1. The highest BCUT2D eigenvalue weighted by atomic mass is 16.5. The van der Waals surface area contributed by atoms with Gasteiger partial charge in [-0.05, 0) is 36.8 Å². The highest BCUT2D eigenvalue weighted by Crippen LogP contribution is 2.36. The molecule has 0 aliphatic carbocycles. The number of furan rings is 1. The van der Waals surface area contributed by atoms with Gasteiger partial charge in [-0.15, -0.1) is 0 Å². The van der Waals surface area contributed by atoms with Crippen LogP contribution in [0.2, 0.25) is 0 Å². The van der Waals surface area contributed by atoms with Gasteiger partial charge >= 0.3 is 0 Å². The molecule has 2 aromatic carbocycles. The van der Waals surface area contributed by atoms with Crippen molar-refractivity contribution < 1.29 is 28.5 Å². The lowest BCUT2D eigenvalue weighted by Gasteiger charge is -2.14. The Morgan fingerprint density at radius 1 is 1.00 bits per heavy atom. The van der Waals surface area contributed by atoms with Crippen LogP contribution in [0.1, 0.15) is 27.4 Å². The zero-order valence-electron chi connectivity index (χ0n) is 16.7. The van der Waals surface area contributed by atoms with Crippen LogP contribution in [0.4, 0.5) is 5.69 Å². The van der Waals surface area contributed by atoms with E-state index in [-0.39, 0.29) is 11.5 Å². The Labute approximate surface area is 168 Å². The Morgan fingerprint density at radius 2 is 1.69 bits per heavy atom. The largest absolute Gasteiger partial charge is 0.506 e. The van der Waals surface area contributed by atoms with E-state index in [4.69, 9.17) is 18.6 Å². The summed E-state index contributed by atoms with van der Waals surface area (Å²) in [7, 11) is 4.69. The highest BCUT2D eigenvalue weighted by Gasteiger charge is 2.18. The van der Waals surface area contributed by atoms with E-state index in [1.807, 2.05) is 6.92 Å². The van der Waals surface area contributed by atoms with E-state index in [0.717, 1.165) is 11.1 Å². The van der Waals surface area contributed by atoms with Crippen molar-refractivity contribution in [1.82, 2.24) is 0 Å². The first-order chi connectivity index (χ1) is 13.9. The van der Waals surface area contributed by atoms with Gasteiger partial charge in [-0.25, -0.2) is 0 Å². The van der Waals surface area contributed by atoms with Crippen molar-refractivity contribution >= 4 is 11.6 Å². The fourth-order valence-corrected chi connectivity index (χ4v) is 2.96. The molecule has 0 saturated heterocycles. The number of rotatable bonds is 7. The highest BCUT2D eigenvalue weighted by molar-refractivity contribution is 6.03. The molecule has 0 aliphatic heterocycles. The standard InChI is InChI=1S/C22H23NO6/c1-13-5-7-18(24)17(9-13)23-22(25)19-8-6-14(29-19)10-16-20(27-3)11-15(26-2)12-21(16)28-4/h5-9,11-12,24H,10H2,1-4H3,(H,23,25). The first-order valence-electron chi connectivity index (χ1n) is 8.93. The van der Waals surface area contributed by atoms with Gasteiger partial charge in [-0.2, -0.15) is 0 Å². The summed E-state index contributed by atoms with van der Waals surface area (Å²) in [5, 5.41) is 12.6. The Bertz CT molecular complexity index is 999. The molecule has 0 atom stereocenters. The fourth-order valence-electron chi connectivity index (χ4n) is 2.96. The number of anilines is 1.